The van der Waals surface area contributed by atoms with Crippen molar-refractivity contribution >= 4 is 11.1 Å². The number of fused-ring (bicyclic) bond motifs is 2. The van der Waals surface area contributed by atoms with Crippen molar-refractivity contribution in [2.45, 2.75) is 12.3 Å². The molecule has 26 heavy (non-hydrogen) atoms. The lowest BCUT2D eigenvalue weighted by Gasteiger charge is -2.33. The molecule has 2 aliphatic rings. The normalized spacial score (nSPS) is 18.5. The van der Waals surface area contributed by atoms with Gasteiger partial charge in [-0.05, 0) is 39.8 Å². The second kappa shape index (κ2) is 5.86. The van der Waals surface area contributed by atoms with E-state index in [1.807, 2.05) is 30.3 Å². The summed E-state index contributed by atoms with van der Waals surface area (Å²) in [5.74, 6) is 0.283. The Morgan fingerprint density at radius 2 is 1.62 bits per heavy atom. The van der Waals surface area contributed by atoms with Gasteiger partial charge in [0.05, 0.1) is 5.57 Å². The lowest BCUT2D eigenvalue weighted by atomic mass is 9.70. The number of allylic oxidation sites excluding steroid dienone is 3. The van der Waals surface area contributed by atoms with E-state index in [0.29, 0.717) is 0 Å². The fourth-order valence-corrected chi connectivity index (χ4v) is 4.34. The average molecular weight is 331 g/mol. The van der Waals surface area contributed by atoms with Gasteiger partial charge in [0.15, 0.2) is 0 Å². The minimum Gasteiger partial charge on any atom is -0.192 e. The Balaban J connectivity index is 1.92. The summed E-state index contributed by atoms with van der Waals surface area (Å²) in [7, 11) is 0. The van der Waals surface area contributed by atoms with E-state index in [2.05, 4.69) is 60.7 Å². The van der Waals surface area contributed by atoms with Crippen LogP contribution >= 0.6 is 0 Å². The van der Waals surface area contributed by atoms with Crippen molar-refractivity contribution in [2.24, 2.45) is 0 Å². The van der Waals surface area contributed by atoms with Crippen molar-refractivity contribution in [1.82, 2.24) is 0 Å². The topological polar surface area (TPSA) is 23.8 Å². The zero-order valence-electron chi connectivity index (χ0n) is 14.3. The highest BCUT2D eigenvalue weighted by Gasteiger charge is 2.32. The van der Waals surface area contributed by atoms with Crippen LogP contribution < -0.4 is 0 Å². The largest absolute Gasteiger partial charge is 0.192 e. The Bertz CT molecular complexity index is 1110. The third kappa shape index (κ3) is 2.09. The predicted molar refractivity (Wildman–Crippen MR) is 106 cm³/mol. The number of rotatable bonds is 1. The van der Waals surface area contributed by atoms with Crippen molar-refractivity contribution in [2.75, 3.05) is 0 Å². The van der Waals surface area contributed by atoms with Crippen LogP contribution in [0.3, 0.4) is 0 Å². The van der Waals surface area contributed by atoms with Crippen molar-refractivity contribution in [1.29, 1.82) is 5.26 Å². The van der Waals surface area contributed by atoms with Crippen molar-refractivity contribution in [3.8, 4) is 6.07 Å². The Labute approximate surface area is 153 Å². The lowest BCUT2D eigenvalue weighted by Crippen LogP contribution is -2.17. The molecule has 1 nitrogen and oxygen atoms in total. The maximum atomic E-state index is 10.1. The molecule has 2 aliphatic carbocycles. The molecule has 122 valence electrons. The SMILES string of the molecule is N#C/C(=C1\c2ccccc2C2C=CCc3cccc1c32)c1ccccc1. The van der Waals surface area contributed by atoms with E-state index in [-0.39, 0.29) is 5.92 Å². The van der Waals surface area contributed by atoms with Crippen LogP contribution in [0.1, 0.15) is 39.3 Å². The summed E-state index contributed by atoms with van der Waals surface area (Å²) in [4.78, 5) is 0. The van der Waals surface area contributed by atoms with Crippen LogP contribution in [0.25, 0.3) is 11.1 Å². The van der Waals surface area contributed by atoms with E-state index < -0.39 is 0 Å². The van der Waals surface area contributed by atoms with Gasteiger partial charge in [-0.25, -0.2) is 0 Å². The molecule has 0 spiro atoms. The fraction of sp³-hybridized carbons (Fsp3) is 0.0800. The van der Waals surface area contributed by atoms with Crippen LogP contribution in [-0.2, 0) is 6.42 Å². The van der Waals surface area contributed by atoms with Gasteiger partial charge in [0.1, 0.15) is 6.07 Å². The molecular weight excluding hydrogens is 314 g/mol. The van der Waals surface area contributed by atoms with Gasteiger partial charge in [0.25, 0.3) is 0 Å². The zero-order chi connectivity index (χ0) is 17.5. The van der Waals surface area contributed by atoms with Gasteiger partial charge >= 0.3 is 0 Å². The Morgan fingerprint density at radius 3 is 2.46 bits per heavy atom. The molecule has 1 atom stereocenters. The first-order valence-corrected chi connectivity index (χ1v) is 8.96. The van der Waals surface area contributed by atoms with Crippen molar-refractivity contribution < 1.29 is 0 Å². The zero-order valence-corrected chi connectivity index (χ0v) is 14.3. The van der Waals surface area contributed by atoms with Gasteiger partial charge in [0, 0.05) is 11.5 Å². The van der Waals surface area contributed by atoms with Crippen LogP contribution in [0.15, 0.2) is 84.9 Å². The summed E-state index contributed by atoms with van der Waals surface area (Å²) in [6.07, 6.45) is 5.54. The van der Waals surface area contributed by atoms with Gasteiger partial charge in [-0.3, -0.25) is 0 Å². The lowest BCUT2D eigenvalue weighted by molar-refractivity contribution is 0.930. The molecular formula is C25H17N. The molecule has 0 aromatic heterocycles. The number of nitriles is 1. The number of benzene rings is 3. The third-order valence-corrected chi connectivity index (χ3v) is 5.43. The molecule has 0 fully saturated rings. The quantitative estimate of drug-likeness (QED) is 0.413. The maximum absolute atomic E-state index is 10.1. The maximum Gasteiger partial charge on any atom is 0.100 e. The van der Waals surface area contributed by atoms with Gasteiger partial charge in [-0.15, -0.1) is 0 Å². The minimum atomic E-state index is 0.283. The molecule has 0 amide bonds. The highest BCUT2D eigenvalue weighted by atomic mass is 14.4. The predicted octanol–water partition coefficient (Wildman–Crippen LogP) is 5.73. The van der Waals surface area contributed by atoms with E-state index in [0.717, 1.165) is 23.1 Å². The average Bonchev–Trinajstić information content (AvgIpc) is 2.72. The van der Waals surface area contributed by atoms with E-state index in [1.54, 1.807) is 0 Å². The smallest absolute Gasteiger partial charge is 0.100 e. The molecule has 1 unspecified atom stereocenters. The van der Waals surface area contributed by atoms with Crippen molar-refractivity contribution in [3.63, 3.8) is 0 Å². The molecule has 0 bridgehead atoms. The first kappa shape index (κ1) is 14.9. The second-order valence-electron chi connectivity index (χ2n) is 6.80. The molecule has 3 aromatic carbocycles. The van der Waals surface area contributed by atoms with Crippen LogP contribution in [0.2, 0.25) is 0 Å². The molecule has 0 saturated heterocycles. The molecule has 1 heteroatoms. The standard InChI is InChI=1S/C25H17N/c26-16-23(17-8-2-1-3-9-17)25-21-13-5-4-12-19(21)20-14-6-10-18-11-7-15-22(25)24(18)20/h1-9,11-15,20H,10H2/b25-23-. The molecule has 5 rings (SSSR count). The van der Waals surface area contributed by atoms with Gasteiger partial charge < -0.3 is 0 Å². The third-order valence-electron chi connectivity index (χ3n) is 5.43. The second-order valence-corrected chi connectivity index (χ2v) is 6.80. The Kier molecular flexibility index (Phi) is 3.37. The highest BCUT2D eigenvalue weighted by molar-refractivity contribution is 6.06. The Morgan fingerprint density at radius 1 is 0.846 bits per heavy atom. The molecule has 3 aromatic rings. The van der Waals surface area contributed by atoms with Crippen LogP contribution in [0, 0.1) is 11.3 Å². The van der Waals surface area contributed by atoms with E-state index >= 15 is 0 Å². The monoisotopic (exact) mass is 331 g/mol. The fourth-order valence-electron chi connectivity index (χ4n) is 4.34. The molecule has 0 aliphatic heterocycles. The van der Waals surface area contributed by atoms with Gasteiger partial charge in [-0.1, -0.05) is 84.9 Å². The van der Waals surface area contributed by atoms with E-state index in [1.165, 1.54) is 27.8 Å². The first-order valence-electron chi connectivity index (χ1n) is 8.96. The van der Waals surface area contributed by atoms with Gasteiger partial charge in [-0.2, -0.15) is 5.26 Å². The number of hydrogen-bond acceptors (Lipinski definition) is 1. The molecule has 0 radical (unpaired) electrons. The summed E-state index contributed by atoms with van der Waals surface area (Å²) < 4.78 is 0. The summed E-state index contributed by atoms with van der Waals surface area (Å²) in [5, 5.41) is 10.1. The Hall–Kier alpha value is -3.37. The molecule has 0 saturated carbocycles. The van der Waals surface area contributed by atoms with E-state index in [4.69, 9.17) is 0 Å². The highest BCUT2D eigenvalue weighted by Crippen LogP contribution is 2.48. The van der Waals surface area contributed by atoms with Gasteiger partial charge in [0.2, 0.25) is 0 Å². The molecule has 0 N–H and O–H groups in total. The van der Waals surface area contributed by atoms with Crippen LogP contribution in [-0.4, -0.2) is 0 Å². The number of nitrogens with zero attached hydrogens (tertiary/aromatic N) is 1. The summed E-state index contributed by atoms with van der Waals surface area (Å²) in [6.45, 7) is 0. The molecule has 0 heterocycles. The van der Waals surface area contributed by atoms with Crippen molar-refractivity contribution in [3.05, 3.63) is 118 Å². The summed E-state index contributed by atoms with van der Waals surface area (Å²) in [6, 6.07) is 27.6. The van der Waals surface area contributed by atoms with Crippen LogP contribution in [0.5, 0.6) is 0 Å². The first-order chi connectivity index (χ1) is 12.9. The minimum absolute atomic E-state index is 0.283. The van der Waals surface area contributed by atoms with Crippen LogP contribution in [0.4, 0.5) is 0 Å². The van der Waals surface area contributed by atoms with E-state index in [9.17, 15) is 5.26 Å². The summed E-state index contributed by atoms with van der Waals surface area (Å²) >= 11 is 0. The summed E-state index contributed by atoms with van der Waals surface area (Å²) in [5.41, 5.74) is 9.20. The number of hydrogen-bond donors (Lipinski definition) is 0.